The average molecular weight is 254 g/mol. The fraction of sp³-hybridized carbons (Fsp3) is 0.462. The third-order valence-electron chi connectivity index (χ3n) is 2.22. The minimum Gasteiger partial charge on any atom is -0.491 e. The van der Waals surface area contributed by atoms with Crippen molar-refractivity contribution in [1.82, 2.24) is 0 Å². The van der Waals surface area contributed by atoms with Gasteiger partial charge in [0, 0.05) is 11.8 Å². The van der Waals surface area contributed by atoms with E-state index in [1.165, 1.54) is 18.7 Å². The molecule has 1 rings (SSSR count). The lowest BCUT2D eigenvalue weighted by Crippen LogP contribution is -2.09. The predicted octanol–water partition coefficient (Wildman–Crippen LogP) is 3.48. The largest absolute Gasteiger partial charge is 0.491 e. The molecule has 3 nitrogen and oxygen atoms in total. The van der Waals surface area contributed by atoms with E-state index in [4.69, 9.17) is 9.47 Å². The first kappa shape index (κ1) is 13.9. The minimum absolute atomic E-state index is 0.231. The fourth-order valence-corrected chi connectivity index (χ4v) is 1.80. The van der Waals surface area contributed by atoms with Gasteiger partial charge < -0.3 is 9.47 Å². The second-order valence-electron chi connectivity index (χ2n) is 3.71. The van der Waals surface area contributed by atoms with E-state index in [0.717, 1.165) is 17.1 Å². The van der Waals surface area contributed by atoms with Crippen molar-refractivity contribution in [3.8, 4) is 5.75 Å². The van der Waals surface area contributed by atoms with Crippen molar-refractivity contribution < 1.29 is 14.3 Å². The van der Waals surface area contributed by atoms with Crippen LogP contribution in [0.1, 0.15) is 27.2 Å². The summed E-state index contributed by atoms with van der Waals surface area (Å²) in [6, 6.07) is 7.79. The molecule has 0 spiro atoms. The van der Waals surface area contributed by atoms with Gasteiger partial charge in [-0.15, -0.1) is 0 Å². The number of carbonyl (C=O) groups excluding carboxylic acids is 1. The van der Waals surface area contributed by atoms with Crippen molar-refractivity contribution in [2.75, 3.05) is 5.94 Å². The Kier molecular flexibility index (Phi) is 5.91. The Balaban J connectivity index is 2.42. The predicted molar refractivity (Wildman–Crippen MR) is 69.3 cm³/mol. The Morgan fingerprint density at radius 3 is 2.53 bits per heavy atom. The summed E-state index contributed by atoms with van der Waals surface area (Å²) in [7, 11) is 0. The van der Waals surface area contributed by atoms with Crippen LogP contribution in [-0.2, 0) is 9.53 Å². The first-order chi connectivity index (χ1) is 8.11. The molecule has 1 atom stereocenters. The number of hydrogen-bond acceptors (Lipinski definition) is 4. The molecule has 0 radical (unpaired) electrons. The average Bonchev–Trinajstić information content (AvgIpc) is 2.31. The van der Waals surface area contributed by atoms with E-state index in [-0.39, 0.29) is 12.1 Å². The van der Waals surface area contributed by atoms with Gasteiger partial charge in [-0.05, 0) is 37.6 Å². The summed E-state index contributed by atoms with van der Waals surface area (Å²) in [6.45, 7) is 5.54. The van der Waals surface area contributed by atoms with Crippen LogP contribution in [0.15, 0.2) is 29.2 Å². The van der Waals surface area contributed by atoms with E-state index in [1.54, 1.807) is 0 Å². The molecule has 4 heteroatoms. The third-order valence-corrected chi connectivity index (χ3v) is 3.06. The van der Waals surface area contributed by atoms with Gasteiger partial charge in [-0.2, -0.15) is 0 Å². The highest BCUT2D eigenvalue weighted by Gasteiger charge is 2.01. The third kappa shape index (κ3) is 5.63. The van der Waals surface area contributed by atoms with Crippen LogP contribution in [0.5, 0.6) is 5.75 Å². The Hall–Kier alpha value is -1.16. The molecule has 0 heterocycles. The Bertz CT molecular complexity index is 348. The van der Waals surface area contributed by atoms with E-state index in [2.05, 4.69) is 6.92 Å². The molecule has 0 aliphatic carbocycles. The van der Waals surface area contributed by atoms with Crippen molar-refractivity contribution >= 4 is 17.7 Å². The molecule has 1 unspecified atom stereocenters. The summed E-state index contributed by atoms with van der Waals surface area (Å²) in [4.78, 5) is 11.6. The number of esters is 1. The quantitative estimate of drug-likeness (QED) is 0.442. The molecule has 0 saturated heterocycles. The monoisotopic (exact) mass is 254 g/mol. The number of benzene rings is 1. The summed E-state index contributed by atoms with van der Waals surface area (Å²) >= 11 is 1.48. The van der Waals surface area contributed by atoms with E-state index in [1.807, 2.05) is 31.2 Å². The van der Waals surface area contributed by atoms with Crippen LogP contribution >= 0.6 is 11.8 Å². The molecule has 0 aliphatic heterocycles. The maximum Gasteiger partial charge on any atom is 0.303 e. The van der Waals surface area contributed by atoms with Crippen molar-refractivity contribution in [1.29, 1.82) is 0 Å². The highest BCUT2D eigenvalue weighted by molar-refractivity contribution is 7.99. The minimum atomic E-state index is -0.255. The van der Waals surface area contributed by atoms with E-state index >= 15 is 0 Å². The van der Waals surface area contributed by atoms with Gasteiger partial charge in [0.1, 0.15) is 11.7 Å². The highest BCUT2D eigenvalue weighted by atomic mass is 32.2. The maximum atomic E-state index is 10.6. The number of rotatable bonds is 6. The van der Waals surface area contributed by atoms with Crippen LogP contribution in [0.25, 0.3) is 0 Å². The Labute approximate surface area is 106 Å². The van der Waals surface area contributed by atoms with Crippen LogP contribution in [0, 0.1) is 0 Å². The molecule has 0 fully saturated rings. The van der Waals surface area contributed by atoms with Crippen LogP contribution in [-0.4, -0.2) is 18.0 Å². The normalized spacial score (nSPS) is 11.9. The molecule has 0 N–H and O–H groups in total. The summed E-state index contributed by atoms with van der Waals surface area (Å²) in [5, 5.41) is 0. The first-order valence-corrected chi connectivity index (χ1v) is 6.63. The molecular weight excluding hydrogens is 236 g/mol. The van der Waals surface area contributed by atoms with Gasteiger partial charge in [0.05, 0.1) is 6.10 Å². The smallest absolute Gasteiger partial charge is 0.303 e. The van der Waals surface area contributed by atoms with Gasteiger partial charge in [0.25, 0.3) is 0 Å². The van der Waals surface area contributed by atoms with Gasteiger partial charge >= 0.3 is 5.97 Å². The van der Waals surface area contributed by atoms with Gasteiger partial charge in [0.2, 0.25) is 0 Å². The van der Waals surface area contributed by atoms with E-state index < -0.39 is 0 Å². The van der Waals surface area contributed by atoms with Gasteiger partial charge in [0.15, 0.2) is 0 Å². The number of thioether (sulfide) groups is 1. The molecule has 1 aromatic carbocycles. The Morgan fingerprint density at radius 2 is 2.00 bits per heavy atom. The van der Waals surface area contributed by atoms with Crippen LogP contribution in [0.3, 0.4) is 0 Å². The zero-order valence-corrected chi connectivity index (χ0v) is 11.3. The molecule has 0 saturated carbocycles. The summed E-state index contributed by atoms with van der Waals surface area (Å²) in [5.41, 5.74) is 0. The lowest BCUT2D eigenvalue weighted by Gasteiger charge is -2.12. The summed E-state index contributed by atoms with van der Waals surface area (Å²) in [5.74, 6) is 0.964. The second kappa shape index (κ2) is 7.22. The van der Waals surface area contributed by atoms with Crippen molar-refractivity contribution in [3.05, 3.63) is 24.3 Å². The van der Waals surface area contributed by atoms with Gasteiger partial charge in [-0.25, -0.2) is 0 Å². The van der Waals surface area contributed by atoms with E-state index in [9.17, 15) is 4.79 Å². The second-order valence-corrected chi connectivity index (χ2v) is 4.70. The molecule has 0 bridgehead atoms. The van der Waals surface area contributed by atoms with Crippen molar-refractivity contribution in [2.24, 2.45) is 0 Å². The molecular formula is C13H18O3S. The molecule has 1 aromatic rings. The number of ether oxygens (including phenoxy) is 2. The summed E-state index contributed by atoms with van der Waals surface area (Å²) < 4.78 is 10.5. The number of carbonyl (C=O) groups is 1. The lowest BCUT2D eigenvalue weighted by atomic mass is 10.3. The summed E-state index contributed by atoms with van der Waals surface area (Å²) in [6.07, 6.45) is 1.22. The lowest BCUT2D eigenvalue weighted by molar-refractivity contribution is -0.138. The van der Waals surface area contributed by atoms with Crippen LogP contribution < -0.4 is 4.74 Å². The van der Waals surface area contributed by atoms with Gasteiger partial charge in [-0.3, -0.25) is 4.79 Å². The molecule has 94 valence electrons. The van der Waals surface area contributed by atoms with Crippen LogP contribution in [0.2, 0.25) is 0 Å². The highest BCUT2D eigenvalue weighted by Crippen LogP contribution is 2.22. The molecule has 0 aliphatic rings. The van der Waals surface area contributed by atoms with Crippen LogP contribution in [0.4, 0.5) is 0 Å². The van der Waals surface area contributed by atoms with E-state index in [0.29, 0.717) is 5.94 Å². The van der Waals surface area contributed by atoms with Crippen molar-refractivity contribution in [3.63, 3.8) is 0 Å². The maximum absolute atomic E-state index is 10.6. The molecule has 0 amide bonds. The molecule has 0 aromatic heterocycles. The van der Waals surface area contributed by atoms with Crippen molar-refractivity contribution in [2.45, 2.75) is 38.2 Å². The zero-order chi connectivity index (χ0) is 12.7. The number of hydrogen-bond donors (Lipinski definition) is 0. The first-order valence-electron chi connectivity index (χ1n) is 5.64. The standard InChI is InChI=1S/C13H18O3S/c1-4-10(2)16-12-5-7-13(8-6-12)17-9-15-11(3)14/h5-8,10H,4,9H2,1-3H3. The molecule has 17 heavy (non-hydrogen) atoms. The fourth-order valence-electron chi connectivity index (χ4n) is 1.11. The Morgan fingerprint density at radius 1 is 1.35 bits per heavy atom. The zero-order valence-electron chi connectivity index (χ0n) is 10.4. The topological polar surface area (TPSA) is 35.5 Å². The van der Waals surface area contributed by atoms with Gasteiger partial charge in [-0.1, -0.05) is 18.7 Å². The SMILES string of the molecule is CCC(C)Oc1ccc(SCOC(C)=O)cc1.